The van der Waals surface area contributed by atoms with E-state index in [-0.39, 0.29) is 32.0 Å². The topological polar surface area (TPSA) is 108 Å². The van der Waals surface area contributed by atoms with E-state index in [2.05, 4.69) is 38.2 Å². The molecule has 0 amide bonds. The minimum Gasteiger partial charge on any atom is -0.462 e. The van der Waals surface area contributed by atoms with Crippen molar-refractivity contribution >= 4 is 19.8 Å². The highest BCUT2D eigenvalue weighted by molar-refractivity contribution is 7.47. The van der Waals surface area contributed by atoms with Gasteiger partial charge in [0.25, 0.3) is 0 Å². The van der Waals surface area contributed by atoms with E-state index < -0.39 is 26.5 Å². The van der Waals surface area contributed by atoms with Gasteiger partial charge in [0, 0.05) is 12.8 Å². The van der Waals surface area contributed by atoms with Crippen molar-refractivity contribution in [3.05, 3.63) is 24.3 Å². The van der Waals surface area contributed by atoms with Crippen LogP contribution in [0.15, 0.2) is 24.3 Å². The molecule has 0 rings (SSSR count). The van der Waals surface area contributed by atoms with Crippen LogP contribution in [0.25, 0.3) is 0 Å². The third-order valence-corrected chi connectivity index (χ3v) is 11.4. The molecular formula is C48H93NO8P+. The highest BCUT2D eigenvalue weighted by atomic mass is 31.2. The highest BCUT2D eigenvalue weighted by Crippen LogP contribution is 2.43. The highest BCUT2D eigenvalue weighted by Gasteiger charge is 2.27. The van der Waals surface area contributed by atoms with E-state index in [1.807, 2.05) is 21.1 Å². The number of quaternary nitrogens is 1. The van der Waals surface area contributed by atoms with Crippen molar-refractivity contribution in [1.29, 1.82) is 0 Å². The summed E-state index contributed by atoms with van der Waals surface area (Å²) in [7, 11) is 1.48. The number of hydrogen-bond donors (Lipinski definition) is 1. The number of phosphoric ester groups is 1. The van der Waals surface area contributed by atoms with Crippen LogP contribution in [0.3, 0.4) is 0 Å². The zero-order chi connectivity index (χ0) is 42.8. The number of allylic oxidation sites excluding steroid dienone is 4. The van der Waals surface area contributed by atoms with Gasteiger partial charge in [0.1, 0.15) is 19.8 Å². The summed E-state index contributed by atoms with van der Waals surface area (Å²) >= 11 is 0. The number of unbranched alkanes of at least 4 members (excludes halogenated alkanes) is 26. The Bertz CT molecular complexity index is 1040. The molecule has 0 aliphatic carbocycles. The van der Waals surface area contributed by atoms with Gasteiger partial charge in [0.2, 0.25) is 0 Å². The summed E-state index contributed by atoms with van der Waals surface area (Å²) in [5.41, 5.74) is 0. The van der Waals surface area contributed by atoms with Gasteiger partial charge in [0.05, 0.1) is 27.7 Å². The van der Waals surface area contributed by atoms with E-state index >= 15 is 0 Å². The fraction of sp³-hybridized carbons (Fsp3) is 0.875. The van der Waals surface area contributed by atoms with Crippen molar-refractivity contribution in [2.24, 2.45) is 0 Å². The molecule has 2 atom stereocenters. The van der Waals surface area contributed by atoms with Crippen LogP contribution >= 0.6 is 7.82 Å². The van der Waals surface area contributed by atoms with Crippen LogP contribution < -0.4 is 0 Å². The van der Waals surface area contributed by atoms with Crippen molar-refractivity contribution < 1.29 is 42.1 Å². The lowest BCUT2D eigenvalue weighted by molar-refractivity contribution is -0.870. The normalized spacial score (nSPS) is 13.7. The summed E-state index contributed by atoms with van der Waals surface area (Å²) in [6, 6.07) is 0. The number of carbonyl (C=O) groups is 2. The lowest BCUT2D eigenvalue weighted by atomic mass is 10.1. The predicted octanol–water partition coefficient (Wildman–Crippen LogP) is 13.9. The lowest BCUT2D eigenvalue weighted by Gasteiger charge is -2.24. The Labute approximate surface area is 358 Å². The van der Waals surface area contributed by atoms with Crippen molar-refractivity contribution in [2.75, 3.05) is 47.5 Å². The van der Waals surface area contributed by atoms with Crippen LogP contribution in [0.2, 0.25) is 0 Å². The summed E-state index contributed by atoms with van der Waals surface area (Å²) in [6.07, 6.45) is 45.0. The molecule has 1 N–H and O–H groups in total. The van der Waals surface area contributed by atoms with E-state index in [1.54, 1.807) is 0 Å². The van der Waals surface area contributed by atoms with Crippen LogP contribution in [-0.4, -0.2) is 74.9 Å². The zero-order valence-electron chi connectivity index (χ0n) is 38.5. The van der Waals surface area contributed by atoms with Crippen molar-refractivity contribution in [2.45, 2.75) is 225 Å². The molecule has 10 heteroatoms. The number of esters is 2. The number of nitrogens with zero attached hydrogens (tertiary/aromatic N) is 1. The Morgan fingerprint density at radius 3 is 1.28 bits per heavy atom. The molecule has 0 spiro atoms. The van der Waals surface area contributed by atoms with E-state index in [9.17, 15) is 19.0 Å². The van der Waals surface area contributed by atoms with Gasteiger partial charge in [-0.2, -0.15) is 0 Å². The average Bonchev–Trinajstić information content (AvgIpc) is 3.17. The first kappa shape index (κ1) is 56.5. The van der Waals surface area contributed by atoms with Gasteiger partial charge >= 0.3 is 19.8 Å². The monoisotopic (exact) mass is 843 g/mol. The van der Waals surface area contributed by atoms with Crippen LogP contribution in [0.1, 0.15) is 219 Å². The number of hydrogen-bond acceptors (Lipinski definition) is 7. The summed E-state index contributed by atoms with van der Waals surface area (Å²) in [5, 5.41) is 0. The molecular weight excluding hydrogens is 750 g/mol. The second-order valence-corrected chi connectivity index (χ2v) is 18.9. The first-order valence-electron chi connectivity index (χ1n) is 24.1. The summed E-state index contributed by atoms with van der Waals surface area (Å²) in [6.45, 7) is 4.42. The smallest absolute Gasteiger partial charge is 0.462 e. The Balaban J connectivity index is 4.29. The zero-order valence-corrected chi connectivity index (χ0v) is 39.4. The Hall–Kier alpha value is -1.51. The summed E-state index contributed by atoms with van der Waals surface area (Å²) < 4.78 is 34.4. The van der Waals surface area contributed by atoms with Crippen molar-refractivity contribution in [3.63, 3.8) is 0 Å². The number of ether oxygens (including phenoxy) is 2. The molecule has 0 aromatic rings. The molecule has 0 aromatic heterocycles. The molecule has 0 aliphatic rings. The van der Waals surface area contributed by atoms with Gasteiger partial charge in [-0.1, -0.05) is 167 Å². The number of rotatable bonds is 44. The van der Waals surface area contributed by atoms with Gasteiger partial charge in [-0.15, -0.1) is 0 Å². The second kappa shape index (κ2) is 40.9. The third-order valence-electron chi connectivity index (χ3n) is 10.5. The molecule has 0 heterocycles. The Morgan fingerprint density at radius 2 is 0.879 bits per heavy atom. The first-order valence-corrected chi connectivity index (χ1v) is 25.6. The molecule has 0 radical (unpaired) electrons. The van der Waals surface area contributed by atoms with Crippen LogP contribution in [0.4, 0.5) is 0 Å². The molecule has 0 aromatic carbocycles. The van der Waals surface area contributed by atoms with Gasteiger partial charge in [0.15, 0.2) is 6.10 Å². The van der Waals surface area contributed by atoms with Crippen LogP contribution in [-0.2, 0) is 32.7 Å². The molecule has 0 saturated heterocycles. The quantitative estimate of drug-likeness (QED) is 0.0212. The van der Waals surface area contributed by atoms with Crippen LogP contribution in [0.5, 0.6) is 0 Å². The molecule has 58 heavy (non-hydrogen) atoms. The molecule has 1 unspecified atom stereocenters. The largest absolute Gasteiger partial charge is 0.472 e. The molecule has 0 saturated carbocycles. The maximum absolute atomic E-state index is 12.7. The van der Waals surface area contributed by atoms with Crippen LogP contribution in [0, 0.1) is 0 Å². The minimum absolute atomic E-state index is 0.0325. The Morgan fingerprint density at radius 1 is 0.517 bits per heavy atom. The van der Waals surface area contributed by atoms with Gasteiger partial charge in [-0.05, 0) is 64.2 Å². The summed E-state index contributed by atoms with van der Waals surface area (Å²) in [5.74, 6) is -0.796. The molecule has 342 valence electrons. The average molecular weight is 843 g/mol. The molecule has 9 nitrogen and oxygen atoms in total. The first-order chi connectivity index (χ1) is 28.0. The SMILES string of the molecule is CCCCCC/C=C/CCCCCCCCCCCC(=O)OC[C@H](COP(=O)(O)OCC[N+](C)(C)C)OC(=O)CCCCCCCCCCC/C=C/CCCCCC. The predicted molar refractivity (Wildman–Crippen MR) is 243 cm³/mol. The van der Waals surface area contributed by atoms with Crippen molar-refractivity contribution in [3.8, 4) is 0 Å². The van der Waals surface area contributed by atoms with E-state index in [4.69, 9.17) is 18.5 Å². The third kappa shape index (κ3) is 44.1. The van der Waals surface area contributed by atoms with Crippen molar-refractivity contribution in [1.82, 2.24) is 0 Å². The lowest BCUT2D eigenvalue weighted by Crippen LogP contribution is -2.37. The van der Waals surface area contributed by atoms with E-state index in [0.717, 1.165) is 38.5 Å². The van der Waals surface area contributed by atoms with E-state index in [0.29, 0.717) is 17.4 Å². The fourth-order valence-electron chi connectivity index (χ4n) is 6.65. The van der Waals surface area contributed by atoms with Gasteiger partial charge in [-0.3, -0.25) is 18.6 Å². The maximum Gasteiger partial charge on any atom is 0.472 e. The second-order valence-electron chi connectivity index (χ2n) is 17.5. The number of likely N-dealkylation sites (N-methyl/N-ethyl adjacent to an activating group) is 1. The molecule has 0 aliphatic heterocycles. The molecule has 0 fully saturated rings. The number of phosphoric acid groups is 1. The maximum atomic E-state index is 12.7. The standard InChI is InChI=1S/C48H92NO8P/c1-6-8-10-12-14-16-18-20-22-24-26-28-30-32-34-36-38-40-47(50)54-44-46(45-56-58(52,53)55-43-42-49(3,4)5)57-48(51)41-39-37-35-33-31-29-27-25-23-21-19-17-15-13-11-9-7-2/h16-19,46H,6-15,20-45H2,1-5H3/p+1/b18-16+,19-17+/t46-/m1/s1. The number of carbonyl (C=O) groups excluding carboxylic acids is 2. The van der Waals surface area contributed by atoms with E-state index in [1.165, 1.54) is 148 Å². The fourth-order valence-corrected chi connectivity index (χ4v) is 7.39. The Kier molecular flexibility index (Phi) is 39.8. The summed E-state index contributed by atoms with van der Waals surface area (Å²) in [4.78, 5) is 35.5. The van der Waals surface area contributed by atoms with Gasteiger partial charge in [-0.25, -0.2) is 4.57 Å². The minimum atomic E-state index is -4.37. The molecule has 0 bridgehead atoms. The van der Waals surface area contributed by atoms with Gasteiger partial charge < -0.3 is 18.9 Å².